The number of nitrogens with two attached hydrogens (primary N) is 1. The SMILES string of the molecule is CCC(N)[SiH](O)[SiH2][SiH3]. The van der Waals surface area contributed by atoms with Crippen LogP contribution in [0.3, 0.4) is 0 Å². The van der Waals surface area contributed by atoms with Crippen LogP contribution in [0.2, 0.25) is 0 Å². The maximum Gasteiger partial charge on any atom is 0.166 e. The molecule has 0 amide bonds. The normalized spacial score (nSPS) is 19.9. The summed E-state index contributed by atoms with van der Waals surface area (Å²) in [6, 6.07) is 0. The Kier molecular flexibility index (Phi) is 4.77. The largest absolute Gasteiger partial charge is 0.437 e. The Labute approximate surface area is 57.0 Å². The highest BCUT2D eigenvalue weighted by Gasteiger charge is 2.11. The maximum absolute atomic E-state index is 9.24. The first-order chi connectivity index (χ1) is 3.72. The second-order valence-corrected chi connectivity index (χ2v) is 17.2. The lowest BCUT2D eigenvalue weighted by Crippen LogP contribution is -2.43. The van der Waals surface area contributed by atoms with E-state index in [0.717, 1.165) is 6.42 Å². The van der Waals surface area contributed by atoms with Crippen molar-refractivity contribution < 1.29 is 4.80 Å². The minimum atomic E-state index is -1.30. The molecule has 0 radical (unpaired) electrons. The minimum Gasteiger partial charge on any atom is -0.437 e. The van der Waals surface area contributed by atoms with Crippen LogP contribution >= 0.6 is 0 Å². The molecule has 0 bridgehead atoms. The molecule has 2 nitrogen and oxygen atoms in total. The second-order valence-electron chi connectivity index (χ2n) is 2.05. The summed E-state index contributed by atoms with van der Waals surface area (Å²) in [5, 5.41) is 0. The molecule has 0 aliphatic carbocycles. The maximum atomic E-state index is 9.24. The van der Waals surface area contributed by atoms with Crippen LogP contribution in [-0.4, -0.2) is 37.3 Å². The molecule has 0 aromatic heterocycles. The van der Waals surface area contributed by atoms with Crippen molar-refractivity contribution in [2.45, 2.75) is 19.0 Å². The summed E-state index contributed by atoms with van der Waals surface area (Å²) in [6.45, 7) is 2.05. The molecule has 0 saturated heterocycles. The molecule has 8 heavy (non-hydrogen) atoms. The highest BCUT2D eigenvalue weighted by atomic mass is 29.5. The fourth-order valence-corrected chi connectivity index (χ4v) is 9.99. The van der Waals surface area contributed by atoms with Crippen molar-refractivity contribution >= 4 is 26.9 Å². The number of rotatable bonds is 3. The van der Waals surface area contributed by atoms with E-state index in [-0.39, 0.29) is 14.2 Å². The van der Waals surface area contributed by atoms with E-state index in [1.807, 2.05) is 6.92 Å². The molecule has 0 aliphatic heterocycles. The van der Waals surface area contributed by atoms with Gasteiger partial charge in [0, 0.05) is 14.2 Å². The van der Waals surface area contributed by atoms with E-state index < -0.39 is 8.56 Å². The predicted molar refractivity (Wildman–Crippen MR) is 46.1 cm³/mol. The second kappa shape index (κ2) is 4.45. The molecule has 0 heterocycles. The van der Waals surface area contributed by atoms with Crippen LogP contribution in [0.15, 0.2) is 0 Å². The van der Waals surface area contributed by atoms with Gasteiger partial charge < -0.3 is 10.5 Å². The van der Waals surface area contributed by atoms with Gasteiger partial charge in [-0.2, -0.15) is 0 Å². The van der Waals surface area contributed by atoms with Crippen LogP contribution in [0.5, 0.6) is 0 Å². The van der Waals surface area contributed by atoms with E-state index in [1.165, 1.54) is 9.76 Å². The molecule has 0 aromatic carbocycles. The van der Waals surface area contributed by atoms with Crippen molar-refractivity contribution in [3.8, 4) is 0 Å². The number of hydrogen-bond acceptors (Lipinski definition) is 2. The minimum absolute atomic E-state index is 0.0117. The highest BCUT2D eigenvalue weighted by molar-refractivity contribution is 7.29. The van der Waals surface area contributed by atoms with E-state index in [1.54, 1.807) is 0 Å². The first-order valence-corrected chi connectivity index (χ1v) is 13.3. The smallest absolute Gasteiger partial charge is 0.166 e. The summed E-state index contributed by atoms with van der Waals surface area (Å²) in [5.41, 5.74) is 5.80. The summed E-state index contributed by atoms with van der Waals surface area (Å²) < 4.78 is 0. The van der Waals surface area contributed by atoms with Crippen molar-refractivity contribution in [2.24, 2.45) is 5.73 Å². The number of hydrogen-bond donors (Lipinski definition) is 2. The molecule has 0 rings (SSSR count). The highest BCUT2D eigenvalue weighted by Crippen LogP contribution is 1.86. The third-order valence-electron chi connectivity index (χ3n) is 1.38. The molecule has 0 fully saturated rings. The third-order valence-corrected chi connectivity index (χ3v) is 15.5. The third kappa shape index (κ3) is 2.78. The average Bonchev–Trinajstić information content (AvgIpc) is 1.84. The monoisotopic (exact) mass is 165 g/mol. The molecule has 0 aliphatic rings. The lowest BCUT2D eigenvalue weighted by Gasteiger charge is -2.11. The van der Waals surface area contributed by atoms with Crippen molar-refractivity contribution in [2.75, 3.05) is 0 Å². The van der Waals surface area contributed by atoms with Gasteiger partial charge in [-0.25, -0.2) is 0 Å². The van der Waals surface area contributed by atoms with E-state index in [4.69, 9.17) is 5.73 Å². The average molecular weight is 165 g/mol. The topological polar surface area (TPSA) is 46.2 Å². The molecule has 5 heteroatoms. The Bertz CT molecular complexity index is 54.5. The zero-order valence-electron chi connectivity index (χ0n) is 5.59. The van der Waals surface area contributed by atoms with E-state index in [0.29, 0.717) is 0 Å². The molecular formula is C3H15NOSi3. The van der Waals surface area contributed by atoms with Crippen LogP contribution in [0.4, 0.5) is 0 Å². The summed E-state index contributed by atoms with van der Waals surface area (Å²) in [7, 11) is -0.0629. The zero-order chi connectivity index (χ0) is 6.57. The molecule has 50 valence electrons. The van der Waals surface area contributed by atoms with Gasteiger partial charge in [-0.05, 0) is 16.2 Å². The van der Waals surface area contributed by atoms with Gasteiger partial charge in [-0.3, -0.25) is 0 Å². The Morgan fingerprint density at radius 2 is 2.50 bits per heavy atom. The standard InChI is InChI=1S/C3H15NOSi3/c1-2-3(4)8(5)7-6/h3,5,8H,2,4,7H2,1,6H3. The fourth-order valence-electron chi connectivity index (χ4n) is 0.575. The Morgan fingerprint density at radius 1 is 2.00 bits per heavy atom. The zero-order valence-corrected chi connectivity index (χ0v) is 10.2. The predicted octanol–water partition coefficient (Wildman–Crippen LogP) is -3.08. The van der Waals surface area contributed by atoms with Gasteiger partial charge in [0.2, 0.25) is 0 Å². The molecule has 2 unspecified atom stereocenters. The van der Waals surface area contributed by atoms with Crippen molar-refractivity contribution in [1.82, 2.24) is 0 Å². The lowest BCUT2D eigenvalue weighted by atomic mass is 10.5. The van der Waals surface area contributed by atoms with Gasteiger partial charge in [0.25, 0.3) is 0 Å². The molecule has 0 saturated carbocycles. The van der Waals surface area contributed by atoms with Crippen LogP contribution < -0.4 is 5.73 Å². The first kappa shape index (κ1) is 8.57. The van der Waals surface area contributed by atoms with E-state index in [2.05, 4.69) is 0 Å². The van der Waals surface area contributed by atoms with Crippen LogP contribution in [0.1, 0.15) is 13.3 Å². The van der Waals surface area contributed by atoms with Crippen molar-refractivity contribution in [3.05, 3.63) is 0 Å². The summed E-state index contributed by atoms with van der Waals surface area (Å²) in [6.07, 6.45) is 0.975. The van der Waals surface area contributed by atoms with E-state index in [9.17, 15) is 4.80 Å². The van der Waals surface area contributed by atoms with Gasteiger partial charge >= 0.3 is 0 Å². The van der Waals surface area contributed by atoms with Gasteiger partial charge in [0.1, 0.15) is 0 Å². The summed E-state index contributed by atoms with van der Waals surface area (Å²) in [4.78, 5) is 9.24. The first-order valence-electron chi connectivity index (χ1n) is 3.16. The van der Waals surface area contributed by atoms with Crippen LogP contribution in [-0.2, 0) is 0 Å². The summed E-state index contributed by atoms with van der Waals surface area (Å²) in [5.74, 6) is 0. The van der Waals surface area contributed by atoms with Gasteiger partial charge in [-0.1, -0.05) is 6.92 Å². The van der Waals surface area contributed by atoms with Crippen LogP contribution in [0, 0.1) is 0 Å². The quantitative estimate of drug-likeness (QED) is 0.436. The Morgan fingerprint density at radius 3 is 2.62 bits per heavy atom. The van der Waals surface area contributed by atoms with Crippen molar-refractivity contribution in [3.63, 3.8) is 0 Å². The summed E-state index contributed by atoms with van der Waals surface area (Å²) >= 11 is 0. The fraction of sp³-hybridized carbons (Fsp3) is 1.00. The molecule has 0 spiro atoms. The Hall–Kier alpha value is 0.571. The molecule has 0 aromatic rings. The van der Waals surface area contributed by atoms with E-state index >= 15 is 0 Å². The Balaban J connectivity index is 3.29. The molecular weight excluding hydrogens is 150 g/mol. The van der Waals surface area contributed by atoms with Crippen molar-refractivity contribution in [1.29, 1.82) is 0 Å². The van der Waals surface area contributed by atoms with Gasteiger partial charge in [0.05, 0.1) is 0 Å². The molecule has 2 atom stereocenters. The van der Waals surface area contributed by atoms with Gasteiger partial charge in [-0.15, -0.1) is 0 Å². The van der Waals surface area contributed by atoms with Gasteiger partial charge in [0.15, 0.2) is 8.56 Å². The lowest BCUT2D eigenvalue weighted by molar-refractivity contribution is 0.564. The van der Waals surface area contributed by atoms with Crippen LogP contribution in [0.25, 0.3) is 0 Å². The molecule has 3 N–H and O–H groups in total.